The quantitative estimate of drug-likeness (QED) is 0.694. The standard InChI is InChI=1S/C15H21N5O/c1-9(2)17-18-11-7-13-14(16-8-11)20(12-5-6-12)15(21)19(13)10(3)4/h7-8,10,12,18H,5-6H2,1-4H3. The van der Waals surface area contributed by atoms with E-state index in [9.17, 15) is 4.79 Å². The third-order valence-corrected chi connectivity index (χ3v) is 3.58. The summed E-state index contributed by atoms with van der Waals surface area (Å²) in [7, 11) is 0. The normalized spacial score (nSPS) is 14.7. The fourth-order valence-corrected chi connectivity index (χ4v) is 2.52. The lowest BCUT2D eigenvalue weighted by atomic mass is 10.3. The molecule has 2 aromatic heterocycles. The Balaban J connectivity index is 2.17. The van der Waals surface area contributed by atoms with Gasteiger partial charge in [-0.2, -0.15) is 5.10 Å². The molecule has 0 unspecified atom stereocenters. The zero-order valence-corrected chi connectivity index (χ0v) is 12.9. The predicted molar refractivity (Wildman–Crippen MR) is 85.1 cm³/mol. The van der Waals surface area contributed by atoms with Gasteiger partial charge in [-0.05, 0) is 46.6 Å². The molecule has 1 fully saturated rings. The fraction of sp³-hybridized carbons (Fsp3) is 0.533. The van der Waals surface area contributed by atoms with Crippen molar-refractivity contribution in [3.63, 3.8) is 0 Å². The molecule has 3 rings (SSSR count). The van der Waals surface area contributed by atoms with E-state index in [1.165, 1.54) is 0 Å². The number of aromatic nitrogens is 3. The molecule has 1 aliphatic carbocycles. The van der Waals surface area contributed by atoms with Gasteiger partial charge in [0, 0.05) is 17.8 Å². The summed E-state index contributed by atoms with van der Waals surface area (Å²) in [4.78, 5) is 17.1. The Kier molecular flexibility index (Phi) is 3.31. The van der Waals surface area contributed by atoms with Gasteiger partial charge in [-0.3, -0.25) is 14.6 Å². The van der Waals surface area contributed by atoms with E-state index in [1.807, 2.05) is 42.9 Å². The molecule has 0 bridgehead atoms. The van der Waals surface area contributed by atoms with Gasteiger partial charge in [0.1, 0.15) is 0 Å². The summed E-state index contributed by atoms with van der Waals surface area (Å²) < 4.78 is 3.65. The summed E-state index contributed by atoms with van der Waals surface area (Å²) in [6.07, 6.45) is 3.87. The molecule has 0 amide bonds. The lowest BCUT2D eigenvalue weighted by Crippen LogP contribution is -2.25. The van der Waals surface area contributed by atoms with E-state index < -0.39 is 0 Å². The first-order chi connectivity index (χ1) is 9.99. The lowest BCUT2D eigenvalue weighted by molar-refractivity contribution is 0.568. The van der Waals surface area contributed by atoms with E-state index in [4.69, 9.17) is 0 Å². The highest BCUT2D eigenvalue weighted by Crippen LogP contribution is 2.36. The third-order valence-electron chi connectivity index (χ3n) is 3.58. The summed E-state index contributed by atoms with van der Waals surface area (Å²) in [5.74, 6) is 0. The van der Waals surface area contributed by atoms with Crippen molar-refractivity contribution in [3.8, 4) is 0 Å². The Hall–Kier alpha value is -2.11. The van der Waals surface area contributed by atoms with Crippen LogP contribution in [0.5, 0.6) is 0 Å². The smallest absolute Gasteiger partial charge is 0.288 e. The number of hydrazone groups is 1. The van der Waals surface area contributed by atoms with Crippen molar-refractivity contribution < 1.29 is 0 Å². The fourth-order valence-electron chi connectivity index (χ4n) is 2.52. The highest BCUT2D eigenvalue weighted by atomic mass is 16.2. The van der Waals surface area contributed by atoms with Crippen molar-refractivity contribution in [2.45, 2.75) is 52.6 Å². The van der Waals surface area contributed by atoms with Gasteiger partial charge in [-0.1, -0.05) is 0 Å². The Morgan fingerprint density at radius 1 is 1.43 bits per heavy atom. The molecule has 0 atom stereocenters. The second-order valence-electron chi connectivity index (χ2n) is 6.09. The molecule has 1 aliphatic rings. The van der Waals surface area contributed by atoms with Gasteiger partial charge in [0.2, 0.25) is 0 Å². The molecule has 0 aliphatic heterocycles. The first-order valence-corrected chi connectivity index (χ1v) is 7.38. The summed E-state index contributed by atoms with van der Waals surface area (Å²) >= 11 is 0. The third kappa shape index (κ3) is 2.46. The van der Waals surface area contributed by atoms with E-state index in [2.05, 4.69) is 15.5 Å². The van der Waals surface area contributed by atoms with Gasteiger partial charge in [0.05, 0.1) is 17.4 Å². The first-order valence-electron chi connectivity index (χ1n) is 7.38. The second-order valence-corrected chi connectivity index (χ2v) is 6.09. The van der Waals surface area contributed by atoms with Gasteiger partial charge < -0.3 is 0 Å². The molecule has 0 saturated heterocycles. The largest absolute Gasteiger partial charge is 0.330 e. The molecule has 0 radical (unpaired) electrons. The molecule has 0 aromatic carbocycles. The molecule has 112 valence electrons. The molecule has 1 N–H and O–H groups in total. The van der Waals surface area contributed by atoms with Crippen LogP contribution in [0.2, 0.25) is 0 Å². The number of pyridine rings is 1. The van der Waals surface area contributed by atoms with Crippen molar-refractivity contribution in [1.29, 1.82) is 0 Å². The van der Waals surface area contributed by atoms with Crippen LogP contribution in [0.4, 0.5) is 5.69 Å². The van der Waals surface area contributed by atoms with Crippen LogP contribution in [-0.4, -0.2) is 19.8 Å². The average molecular weight is 287 g/mol. The SMILES string of the molecule is CC(C)=NNc1cnc2c(c1)n(C(C)C)c(=O)n2C1CC1. The maximum atomic E-state index is 12.6. The molecule has 2 heterocycles. The number of anilines is 1. The Morgan fingerprint density at radius 3 is 2.71 bits per heavy atom. The number of nitrogens with zero attached hydrogens (tertiary/aromatic N) is 4. The highest BCUT2D eigenvalue weighted by molar-refractivity contribution is 5.81. The number of imidazole rings is 1. The van der Waals surface area contributed by atoms with Crippen LogP contribution in [-0.2, 0) is 0 Å². The first kappa shape index (κ1) is 13.9. The monoisotopic (exact) mass is 287 g/mol. The van der Waals surface area contributed by atoms with Crippen molar-refractivity contribution in [2.75, 3.05) is 5.43 Å². The Morgan fingerprint density at radius 2 is 2.14 bits per heavy atom. The van der Waals surface area contributed by atoms with Gasteiger partial charge >= 0.3 is 5.69 Å². The van der Waals surface area contributed by atoms with Gasteiger partial charge in [-0.15, -0.1) is 0 Å². The maximum absolute atomic E-state index is 12.6. The van der Waals surface area contributed by atoms with Gasteiger partial charge in [-0.25, -0.2) is 9.78 Å². The summed E-state index contributed by atoms with van der Waals surface area (Å²) in [5.41, 5.74) is 6.40. The predicted octanol–water partition coefficient (Wildman–Crippen LogP) is 2.92. The van der Waals surface area contributed by atoms with Crippen molar-refractivity contribution in [3.05, 3.63) is 22.7 Å². The van der Waals surface area contributed by atoms with E-state index >= 15 is 0 Å². The summed E-state index contributed by atoms with van der Waals surface area (Å²) in [5, 5.41) is 4.19. The molecule has 6 nitrogen and oxygen atoms in total. The van der Waals surface area contributed by atoms with Crippen molar-refractivity contribution in [1.82, 2.24) is 14.1 Å². The second kappa shape index (κ2) is 5.02. The van der Waals surface area contributed by atoms with Crippen LogP contribution in [0.1, 0.15) is 52.6 Å². The number of rotatable bonds is 4. The Bertz CT molecular complexity index is 760. The number of nitrogens with one attached hydrogen (secondary N) is 1. The van der Waals surface area contributed by atoms with E-state index in [0.29, 0.717) is 6.04 Å². The van der Waals surface area contributed by atoms with Crippen LogP contribution in [0, 0.1) is 0 Å². The number of hydrogen-bond acceptors (Lipinski definition) is 4. The lowest BCUT2D eigenvalue weighted by Gasteiger charge is -2.07. The van der Waals surface area contributed by atoms with E-state index in [0.717, 1.165) is 35.4 Å². The average Bonchev–Trinajstić information content (AvgIpc) is 3.19. The van der Waals surface area contributed by atoms with Crippen molar-refractivity contribution >= 4 is 22.6 Å². The summed E-state index contributed by atoms with van der Waals surface area (Å²) in [6, 6.07) is 2.38. The zero-order valence-electron chi connectivity index (χ0n) is 12.9. The maximum Gasteiger partial charge on any atom is 0.330 e. The molecule has 2 aromatic rings. The van der Waals surface area contributed by atoms with Crippen LogP contribution in [0.3, 0.4) is 0 Å². The van der Waals surface area contributed by atoms with Crippen LogP contribution in [0.25, 0.3) is 11.2 Å². The molecule has 0 spiro atoms. The molecular weight excluding hydrogens is 266 g/mol. The topological polar surface area (TPSA) is 64.2 Å². The minimum atomic E-state index is 0.0438. The molecule has 21 heavy (non-hydrogen) atoms. The number of fused-ring (bicyclic) bond motifs is 1. The molecule has 6 heteroatoms. The molecular formula is C15H21N5O. The summed E-state index contributed by atoms with van der Waals surface area (Å²) in [6.45, 7) is 7.89. The minimum Gasteiger partial charge on any atom is -0.288 e. The van der Waals surface area contributed by atoms with Gasteiger partial charge in [0.15, 0.2) is 5.65 Å². The molecule has 1 saturated carbocycles. The van der Waals surface area contributed by atoms with E-state index in [1.54, 1.807) is 6.20 Å². The van der Waals surface area contributed by atoms with Gasteiger partial charge in [0.25, 0.3) is 0 Å². The van der Waals surface area contributed by atoms with Crippen molar-refractivity contribution in [2.24, 2.45) is 5.10 Å². The van der Waals surface area contributed by atoms with Crippen LogP contribution < -0.4 is 11.1 Å². The highest BCUT2D eigenvalue weighted by Gasteiger charge is 2.30. The van der Waals surface area contributed by atoms with Crippen LogP contribution in [0.15, 0.2) is 22.2 Å². The van der Waals surface area contributed by atoms with E-state index in [-0.39, 0.29) is 11.7 Å². The zero-order chi connectivity index (χ0) is 15.1. The minimum absolute atomic E-state index is 0.0438. The van der Waals surface area contributed by atoms with Crippen LogP contribution >= 0.6 is 0 Å². The Labute approximate surface area is 123 Å². The number of hydrogen-bond donors (Lipinski definition) is 1.